The zero-order chi connectivity index (χ0) is 48.5. The maximum Gasteiger partial charge on any atom is 0.268 e. The van der Waals surface area contributed by atoms with Crippen molar-refractivity contribution in [2.24, 2.45) is 0 Å². The maximum absolute atomic E-state index is 12.9. The van der Waals surface area contributed by atoms with Crippen LogP contribution in [0.25, 0.3) is 0 Å². The molecule has 380 valence electrons. The van der Waals surface area contributed by atoms with E-state index < -0.39 is 20.0 Å². The molecular formula is C57H101N2O6P. The Morgan fingerprint density at radius 3 is 1.35 bits per heavy atom. The molecule has 3 atom stereocenters. The molecule has 0 aromatic carbocycles. The van der Waals surface area contributed by atoms with E-state index in [0.29, 0.717) is 23.9 Å². The van der Waals surface area contributed by atoms with Gasteiger partial charge in [0.15, 0.2) is 0 Å². The van der Waals surface area contributed by atoms with Crippen molar-refractivity contribution in [3.05, 3.63) is 97.2 Å². The van der Waals surface area contributed by atoms with Gasteiger partial charge in [-0.15, -0.1) is 0 Å². The molecule has 0 aliphatic carbocycles. The fourth-order valence-corrected chi connectivity index (χ4v) is 7.90. The summed E-state index contributed by atoms with van der Waals surface area (Å²) in [5.74, 6) is -0.184. The minimum atomic E-state index is -4.58. The van der Waals surface area contributed by atoms with Crippen molar-refractivity contribution < 1.29 is 32.9 Å². The van der Waals surface area contributed by atoms with E-state index in [4.69, 9.17) is 9.05 Å². The minimum Gasteiger partial charge on any atom is -0.756 e. The van der Waals surface area contributed by atoms with Crippen LogP contribution in [0.15, 0.2) is 97.2 Å². The van der Waals surface area contributed by atoms with E-state index in [-0.39, 0.29) is 19.1 Å². The van der Waals surface area contributed by atoms with Crippen LogP contribution in [0.1, 0.15) is 206 Å². The summed E-state index contributed by atoms with van der Waals surface area (Å²) in [6.45, 7) is 4.58. The highest BCUT2D eigenvalue weighted by Crippen LogP contribution is 2.38. The average molecular weight is 941 g/mol. The molecular weight excluding hydrogens is 840 g/mol. The number of unbranched alkanes of at least 4 members (excludes halogenated alkanes) is 18. The number of nitrogens with one attached hydrogen (secondary N) is 1. The van der Waals surface area contributed by atoms with Gasteiger partial charge in [-0.25, -0.2) is 0 Å². The van der Waals surface area contributed by atoms with E-state index >= 15 is 0 Å². The number of likely N-dealkylation sites (N-methyl/N-ethyl adjacent to an activating group) is 1. The zero-order valence-electron chi connectivity index (χ0n) is 43.1. The van der Waals surface area contributed by atoms with Crippen molar-refractivity contribution in [1.82, 2.24) is 5.32 Å². The summed E-state index contributed by atoms with van der Waals surface area (Å²) in [6.07, 6.45) is 67.1. The summed E-state index contributed by atoms with van der Waals surface area (Å²) in [4.78, 5) is 25.4. The SMILES string of the molecule is CC/C=C\C/C=C\C/C=C\C/C=C\C/C=C\C/C=C\C/C=C\C/C=C\CCCCCCCCC(=O)NC(COP(=O)([O-])OCC[N+](C)(C)C)C(O)CCCCCCCCCCCCCCC. The van der Waals surface area contributed by atoms with Gasteiger partial charge in [-0.05, 0) is 77.0 Å². The monoisotopic (exact) mass is 941 g/mol. The van der Waals surface area contributed by atoms with E-state index in [9.17, 15) is 19.4 Å². The molecule has 0 aliphatic rings. The fourth-order valence-electron chi connectivity index (χ4n) is 7.17. The third-order valence-electron chi connectivity index (χ3n) is 11.3. The number of phosphoric ester groups is 1. The summed E-state index contributed by atoms with van der Waals surface area (Å²) in [5.41, 5.74) is 0. The number of nitrogens with zero attached hydrogens (tertiary/aromatic N) is 1. The molecule has 0 saturated heterocycles. The Morgan fingerprint density at radius 1 is 0.545 bits per heavy atom. The summed E-state index contributed by atoms with van der Waals surface area (Å²) in [7, 11) is 1.28. The Kier molecular flexibility index (Phi) is 45.6. The van der Waals surface area contributed by atoms with Crippen molar-refractivity contribution in [2.75, 3.05) is 40.9 Å². The molecule has 8 nitrogen and oxygen atoms in total. The normalized spacial score (nSPS) is 14.8. The van der Waals surface area contributed by atoms with Gasteiger partial charge in [-0.2, -0.15) is 0 Å². The molecule has 1 amide bonds. The lowest BCUT2D eigenvalue weighted by Gasteiger charge is -2.30. The second kappa shape index (κ2) is 47.5. The number of quaternary nitrogens is 1. The summed E-state index contributed by atoms with van der Waals surface area (Å²) in [6, 6.07) is -0.815. The lowest BCUT2D eigenvalue weighted by molar-refractivity contribution is -0.870. The van der Waals surface area contributed by atoms with Crippen LogP contribution >= 0.6 is 7.82 Å². The van der Waals surface area contributed by atoms with Crippen molar-refractivity contribution in [1.29, 1.82) is 0 Å². The molecule has 0 aliphatic heterocycles. The first-order valence-electron chi connectivity index (χ1n) is 26.6. The van der Waals surface area contributed by atoms with Crippen LogP contribution in [-0.4, -0.2) is 68.5 Å². The number of hydrogen-bond acceptors (Lipinski definition) is 6. The highest BCUT2D eigenvalue weighted by Gasteiger charge is 2.24. The van der Waals surface area contributed by atoms with Crippen LogP contribution in [0.2, 0.25) is 0 Å². The summed E-state index contributed by atoms with van der Waals surface area (Å²) >= 11 is 0. The fraction of sp³-hybridized carbons (Fsp3) is 0.702. The first-order chi connectivity index (χ1) is 32.0. The van der Waals surface area contributed by atoms with Gasteiger partial charge >= 0.3 is 0 Å². The van der Waals surface area contributed by atoms with E-state index in [2.05, 4.69) is 116 Å². The molecule has 0 spiro atoms. The van der Waals surface area contributed by atoms with Crippen LogP contribution < -0.4 is 10.2 Å². The number of aliphatic hydroxyl groups is 1. The van der Waals surface area contributed by atoms with Gasteiger partial charge in [0.2, 0.25) is 5.91 Å². The number of hydrogen-bond donors (Lipinski definition) is 2. The van der Waals surface area contributed by atoms with Gasteiger partial charge in [0.1, 0.15) is 13.2 Å². The van der Waals surface area contributed by atoms with Crippen molar-refractivity contribution in [3.8, 4) is 0 Å². The second-order valence-electron chi connectivity index (χ2n) is 18.9. The Morgan fingerprint density at radius 2 is 0.924 bits per heavy atom. The third kappa shape index (κ3) is 49.3. The maximum atomic E-state index is 12.9. The van der Waals surface area contributed by atoms with E-state index in [0.717, 1.165) is 103 Å². The Balaban J connectivity index is 4.23. The lowest BCUT2D eigenvalue weighted by atomic mass is 10.0. The molecule has 0 heterocycles. The van der Waals surface area contributed by atoms with Gasteiger partial charge in [0.05, 0.1) is 39.9 Å². The number of phosphoric acid groups is 1. The predicted octanol–water partition coefficient (Wildman–Crippen LogP) is 15.2. The molecule has 0 radical (unpaired) electrons. The highest BCUT2D eigenvalue weighted by molar-refractivity contribution is 7.45. The molecule has 0 bridgehead atoms. The molecule has 9 heteroatoms. The number of carbonyl (C=O) groups is 1. The number of allylic oxidation sites excluding steroid dienone is 16. The lowest BCUT2D eigenvalue weighted by Crippen LogP contribution is -2.46. The van der Waals surface area contributed by atoms with Crippen LogP contribution in [0.5, 0.6) is 0 Å². The first kappa shape index (κ1) is 63.4. The summed E-state index contributed by atoms with van der Waals surface area (Å²) in [5, 5.41) is 13.9. The minimum absolute atomic E-state index is 0.00392. The second-order valence-corrected chi connectivity index (χ2v) is 20.3. The van der Waals surface area contributed by atoms with Gasteiger partial charge < -0.3 is 28.8 Å². The molecule has 0 aromatic rings. The van der Waals surface area contributed by atoms with Crippen LogP contribution in [0.3, 0.4) is 0 Å². The van der Waals surface area contributed by atoms with Gasteiger partial charge in [-0.1, -0.05) is 220 Å². The smallest absolute Gasteiger partial charge is 0.268 e. The van der Waals surface area contributed by atoms with Crippen LogP contribution in [0, 0.1) is 0 Å². The zero-order valence-corrected chi connectivity index (χ0v) is 44.0. The van der Waals surface area contributed by atoms with E-state index in [1.54, 1.807) is 0 Å². The van der Waals surface area contributed by atoms with E-state index in [1.165, 1.54) is 77.0 Å². The van der Waals surface area contributed by atoms with Gasteiger partial charge in [0, 0.05) is 6.42 Å². The van der Waals surface area contributed by atoms with Gasteiger partial charge in [0.25, 0.3) is 7.82 Å². The number of carbonyl (C=O) groups excluding carboxylic acids is 1. The predicted molar refractivity (Wildman–Crippen MR) is 283 cm³/mol. The molecule has 2 N–H and O–H groups in total. The number of rotatable bonds is 47. The molecule has 66 heavy (non-hydrogen) atoms. The highest BCUT2D eigenvalue weighted by atomic mass is 31.2. The van der Waals surface area contributed by atoms with Crippen LogP contribution in [0.4, 0.5) is 0 Å². The topological polar surface area (TPSA) is 108 Å². The molecule has 0 aromatic heterocycles. The molecule has 3 unspecified atom stereocenters. The van der Waals surface area contributed by atoms with E-state index in [1.807, 2.05) is 21.1 Å². The van der Waals surface area contributed by atoms with Crippen molar-refractivity contribution in [3.63, 3.8) is 0 Å². The Bertz CT molecular complexity index is 1390. The van der Waals surface area contributed by atoms with Crippen molar-refractivity contribution >= 4 is 13.7 Å². The van der Waals surface area contributed by atoms with Crippen molar-refractivity contribution in [2.45, 2.75) is 219 Å². The molecule has 0 fully saturated rings. The van der Waals surface area contributed by atoms with Crippen LogP contribution in [-0.2, 0) is 18.4 Å². The average Bonchev–Trinajstić information content (AvgIpc) is 3.28. The number of aliphatic hydroxyl groups excluding tert-OH is 1. The Labute approximate surface area is 407 Å². The Hall–Kier alpha value is -2.58. The molecule has 0 saturated carbocycles. The standard InChI is InChI=1S/C57H101N2O6P/c1-6-8-10-12-14-16-18-20-21-22-23-24-25-26-27-28-29-30-31-32-33-34-35-36-37-39-41-43-45-47-49-51-57(61)58-55(54-65-66(62,63)64-53-52-59(3,4)5)56(60)50-48-46-44-42-40-38-19-17-15-13-11-9-7-2/h8,10,14,16,20-21,23-24,26-27,29-30,32-33,35-36,55-56,60H,6-7,9,11-13,15,17-19,22,25,28,31,34,37-54H2,1-5H3,(H-,58,61,62,63)/b10-8-,16-14-,21-20-,24-23-,27-26-,30-29-,33-32-,36-35-. The van der Waals surface area contributed by atoms with Gasteiger partial charge in [-0.3, -0.25) is 9.36 Å². The quantitative estimate of drug-likeness (QED) is 0.0272. The first-order valence-corrected chi connectivity index (χ1v) is 28.0. The largest absolute Gasteiger partial charge is 0.756 e. The molecule has 0 rings (SSSR count). The number of amides is 1. The summed E-state index contributed by atoms with van der Waals surface area (Å²) < 4.78 is 23.3. The third-order valence-corrected chi connectivity index (χ3v) is 12.3.